The SMILES string of the molecule is NS(=O)(=O)c1nc(-c2nc(NCc3ccccn3)c3c(-c4ccccc4)ccn3n2)cs1. The van der Waals surface area contributed by atoms with Gasteiger partial charge in [-0.05, 0) is 23.8 Å². The number of anilines is 1. The fourth-order valence-corrected chi connectivity index (χ4v) is 4.70. The first-order valence-electron chi connectivity index (χ1n) is 9.56. The third-order valence-electron chi connectivity index (χ3n) is 4.71. The fraction of sp³-hybridized carbons (Fsp3) is 0.0476. The highest BCUT2D eigenvalue weighted by atomic mass is 32.2. The van der Waals surface area contributed by atoms with Crippen LogP contribution >= 0.6 is 11.3 Å². The molecule has 4 heterocycles. The zero-order chi connectivity index (χ0) is 22.1. The van der Waals surface area contributed by atoms with Gasteiger partial charge in [-0.15, -0.1) is 16.4 Å². The standard InChI is InChI=1S/C21H17N7O2S2/c22-32(29,30)21-25-17(13-31-21)19-26-20(24-12-15-8-4-5-10-23-15)18-16(9-11-28(18)27-19)14-6-2-1-3-7-14/h1-11,13H,12H2,(H2,22,29,30)(H,24,26,27). The van der Waals surface area contributed by atoms with Crippen LogP contribution in [-0.4, -0.2) is 33.0 Å². The van der Waals surface area contributed by atoms with Crippen LogP contribution in [0.4, 0.5) is 5.82 Å². The Hall–Kier alpha value is -3.67. The Labute approximate surface area is 187 Å². The van der Waals surface area contributed by atoms with E-state index in [2.05, 4.69) is 25.4 Å². The van der Waals surface area contributed by atoms with E-state index in [4.69, 9.17) is 5.14 Å². The first-order chi connectivity index (χ1) is 15.5. The maximum atomic E-state index is 11.6. The first kappa shape index (κ1) is 20.2. The van der Waals surface area contributed by atoms with E-state index in [1.807, 2.05) is 60.8 Å². The summed E-state index contributed by atoms with van der Waals surface area (Å²) in [6.45, 7) is 0.450. The molecule has 160 valence electrons. The maximum Gasteiger partial charge on any atom is 0.265 e. The second kappa shape index (κ2) is 8.11. The van der Waals surface area contributed by atoms with Crippen LogP contribution in [0, 0.1) is 0 Å². The average Bonchev–Trinajstić information content (AvgIpc) is 3.46. The van der Waals surface area contributed by atoms with E-state index in [1.165, 1.54) is 0 Å². The van der Waals surface area contributed by atoms with Crippen molar-refractivity contribution in [3.05, 3.63) is 78.1 Å². The molecule has 5 aromatic rings. The molecule has 3 N–H and O–H groups in total. The molecule has 1 aromatic carbocycles. The number of fused-ring (bicyclic) bond motifs is 1. The number of benzene rings is 1. The molecule has 0 saturated heterocycles. The zero-order valence-electron chi connectivity index (χ0n) is 16.6. The molecule has 0 saturated carbocycles. The van der Waals surface area contributed by atoms with Gasteiger partial charge in [0.15, 0.2) is 5.82 Å². The maximum absolute atomic E-state index is 11.6. The summed E-state index contributed by atoms with van der Waals surface area (Å²) in [4.78, 5) is 13.1. The van der Waals surface area contributed by atoms with E-state index < -0.39 is 10.0 Å². The van der Waals surface area contributed by atoms with Gasteiger partial charge >= 0.3 is 0 Å². The fourth-order valence-electron chi connectivity index (χ4n) is 3.27. The average molecular weight is 464 g/mol. The molecule has 4 aromatic heterocycles. The predicted molar refractivity (Wildman–Crippen MR) is 122 cm³/mol. The van der Waals surface area contributed by atoms with Gasteiger partial charge < -0.3 is 5.32 Å². The normalized spacial score (nSPS) is 11.7. The molecule has 32 heavy (non-hydrogen) atoms. The molecule has 0 unspecified atom stereocenters. The second-order valence-corrected chi connectivity index (χ2v) is 9.48. The Bertz CT molecular complexity index is 1500. The van der Waals surface area contributed by atoms with Crippen LogP contribution in [0.15, 0.2) is 76.7 Å². The molecule has 5 rings (SSSR count). The van der Waals surface area contributed by atoms with Gasteiger partial charge in [0.25, 0.3) is 10.0 Å². The number of thiazole rings is 1. The van der Waals surface area contributed by atoms with Crippen molar-refractivity contribution in [1.82, 2.24) is 24.6 Å². The molecule has 0 aliphatic carbocycles. The predicted octanol–water partition coefficient (Wildman–Crippen LogP) is 3.17. The number of pyridine rings is 1. The Morgan fingerprint density at radius 2 is 1.84 bits per heavy atom. The minimum Gasteiger partial charge on any atom is -0.363 e. The van der Waals surface area contributed by atoms with Crippen LogP contribution in [0.1, 0.15) is 5.69 Å². The molecule has 0 bridgehead atoms. The summed E-state index contributed by atoms with van der Waals surface area (Å²) in [5.74, 6) is 0.858. The summed E-state index contributed by atoms with van der Waals surface area (Å²) in [5, 5.41) is 14.7. The minimum absolute atomic E-state index is 0.184. The number of aromatic nitrogens is 5. The lowest BCUT2D eigenvalue weighted by molar-refractivity contribution is 0.597. The van der Waals surface area contributed by atoms with Crippen LogP contribution in [0.25, 0.3) is 28.2 Å². The molecule has 0 amide bonds. The van der Waals surface area contributed by atoms with Crippen molar-refractivity contribution >= 4 is 32.7 Å². The minimum atomic E-state index is -3.90. The third kappa shape index (κ3) is 3.96. The van der Waals surface area contributed by atoms with E-state index >= 15 is 0 Å². The second-order valence-electron chi connectivity index (χ2n) is 6.89. The van der Waals surface area contributed by atoms with Crippen molar-refractivity contribution in [2.75, 3.05) is 5.32 Å². The smallest absolute Gasteiger partial charge is 0.265 e. The van der Waals surface area contributed by atoms with Crippen LogP contribution in [0.5, 0.6) is 0 Å². The van der Waals surface area contributed by atoms with Crippen molar-refractivity contribution in [3.8, 4) is 22.6 Å². The Balaban J connectivity index is 1.63. The van der Waals surface area contributed by atoms with Crippen molar-refractivity contribution in [3.63, 3.8) is 0 Å². The van der Waals surface area contributed by atoms with Crippen LogP contribution in [0.2, 0.25) is 0 Å². The first-order valence-corrected chi connectivity index (χ1v) is 12.0. The van der Waals surface area contributed by atoms with Gasteiger partial charge in [0, 0.05) is 23.3 Å². The van der Waals surface area contributed by atoms with Gasteiger partial charge in [-0.3, -0.25) is 4.98 Å². The molecular formula is C21H17N7O2S2. The van der Waals surface area contributed by atoms with Crippen LogP contribution < -0.4 is 10.5 Å². The highest BCUT2D eigenvalue weighted by molar-refractivity contribution is 7.91. The summed E-state index contributed by atoms with van der Waals surface area (Å²) in [6.07, 6.45) is 3.57. The van der Waals surface area contributed by atoms with Gasteiger partial charge in [-0.25, -0.2) is 28.0 Å². The largest absolute Gasteiger partial charge is 0.363 e. The van der Waals surface area contributed by atoms with Crippen molar-refractivity contribution in [2.24, 2.45) is 5.14 Å². The molecule has 11 heteroatoms. The topological polar surface area (TPSA) is 128 Å². The van der Waals surface area contributed by atoms with Gasteiger partial charge in [-0.2, -0.15) is 0 Å². The van der Waals surface area contributed by atoms with Crippen molar-refractivity contribution in [2.45, 2.75) is 10.9 Å². The Kier molecular flexibility index (Phi) is 5.13. The molecule has 0 aliphatic rings. The van der Waals surface area contributed by atoms with Crippen molar-refractivity contribution < 1.29 is 8.42 Å². The molecule has 0 fully saturated rings. The highest BCUT2D eigenvalue weighted by Gasteiger charge is 2.19. The number of nitrogens with one attached hydrogen (secondary N) is 1. The molecule has 0 aliphatic heterocycles. The monoisotopic (exact) mass is 463 g/mol. The number of hydrogen-bond acceptors (Lipinski definition) is 8. The lowest BCUT2D eigenvalue weighted by Crippen LogP contribution is -2.12. The van der Waals surface area contributed by atoms with E-state index in [9.17, 15) is 8.42 Å². The highest BCUT2D eigenvalue weighted by Crippen LogP contribution is 2.31. The number of nitrogens with zero attached hydrogens (tertiary/aromatic N) is 5. The summed E-state index contributed by atoms with van der Waals surface area (Å²) in [7, 11) is -3.90. The molecular weight excluding hydrogens is 446 g/mol. The summed E-state index contributed by atoms with van der Waals surface area (Å²) in [5.41, 5.74) is 3.96. The van der Waals surface area contributed by atoms with E-state index in [0.29, 0.717) is 18.1 Å². The summed E-state index contributed by atoms with van der Waals surface area (Å²) < 4.78 is 24.8. The van der Waals surface area contributed by atoms with E-state index in [-0.39, 0.29) is 10.2 Å². The lowest BCUT2D eigenvalue weighted by atomic mass is 10.1. The molecule has 9 nitrogen and oxygen atoms in total. The van der Waals surface area contributed by atoms with E-state index in [1.54, 1.807) is 16.1 Å². The van der Waals surface area contributed by atoms with Crippen molar-refractivity contribution in [1.29, 1.82) is 0 Å². The number of primary sulfonamides is 1. The summed E-state index contributed by atoms with van der Waals surface area (Å²) >= 11 is 0.931. The number of hydrogen-bond donors (Lipinski definition) is 2. The quantitative estimate of drug-likeness (QED) is 0.396. The van der Waals surface area contributed by atoms with Gasteiger partial charge in [0.05, 0.1) is 12.2 Å². The number of sulfonamides is 1. The van der Waals surface area contributed by atoms with Crippen LogP contribution in [0.3, 0.4) is 0 Å². The molecule has 0 spiro atoms. The van der Waals surface area contributed by atoms with Gasteiger partial charge in [0.2, 0.25) is 10.2 Å². The number of nitrogens with two attached hydrogens (primary N) is 1. The van der Waals surface area contributed by atoms with Gasteiger partial charge in [0.1, 0.15) is 11.2 Å². The van der Waals surface area contributed by atoms with Gasteiger partial charge in [-0.1, -0.05) is 36.4 Å². The Morgan fingerprint density at radius 3 is 2.56 bits per heavy atom. The summed E-state index contributed by atoms with van der Waals surface area (Å²) in [6, 6.07) is 17.6. The zero-order valence-corrected chi connectivity index (χ0v) is 18.2. The Morgan fingerprint density at radius 1 is 1.03 bits per heavy atom. The van der Waals surface area contributed by atoms with E-state index in [0.717, 1.165) is 33.7 Å². The third-order valence-corrected chi connectivity index (χ3v) is 6.91. The van der Waals surface area contributed by atoms with Crippen LogP contribution in [-0.2, 0) is 16.6 Å². The number of rotatable bonds is 6. The lowest BCUT2D eigenvalue weighted by Gasteiger charge is -2.11. The molecule has 0 atom stereocenters. The molecule has 0 radical (unpaired) electrons.